The second kappa shape index (κ2) is 18.4. The van der Waals surface area contributed by atoms with Gasteiger partial charge in [-0.1, -0.05) is 93.0 Å². The maximum absolute atomic E-state index is 16.0. The summed E-state index contributed by atoms with van der Waals surface area (Å²) in [6.07, 6.45) is -1.45. The topological polar surface area (TPSA) is 97.6 Å². The number of aryl methyl sites for hydroxylation is 8. The molecule has 1 atom stereocenters. The van der Waals surface area contributed by atoms with E-state index < -0.39 is 23.9 Å². The molecule has 0 saturated heterocycles. The number of benzene rings is 11. The minimum absolute atomic E-state index is 0.284. The molecule has 10 nitrogen and oxygen atoms in total. The molecule has 88 heavy (non-hydrogen) atoms. The first kappa shape index (κ1) is 51.6. The standard InChI is InChI=1S/C78H58N6O4/c1-41-9-21-59-51(33-41)52-34-42(2)10-22-60(52)81(59)67-29-30-68(82-61-23-11-43(3)35-53(61)54-36-44(4)12-24-62(54)82)72-71(67)75(85)79(76(72)86)49-17-19-50(20-18-49)80-77(87)73-69(83-63-25-13-45(5)37-55(63)56-38-46(6)14-26-64(56)83)31-32-70(74(73)78(80)88)84-65-27-15-47(7)39-57(65)58-40-48(8)16-28-66(58)84/h9-40,75,85H,1-8H3. The highest BCUT2D eigenvalue weighted by Crippen LogP contribution is 2.48. The van der Waals surface area contributed by atoms with Crippen LogP contribution in [0.5, 0.6) is 0 Å². The number of carbonyl (C=O) groups is 3. The lowest BCUT2D eigenvalue weighted by Gasteiger charge is -2.23. The number of hydrogen-bond acceptors (Lipinski definition) is 4. The first-order valence-corrected chi connectivity index (χ1v) is 30.0. The molecule has 0 spiro atoms. The largest absolute Gasteiger partial charge is 0.369 e. The van der Waals surface area contributed by atoms with Gasteiger partial charge in [-0.05, 0) is 201 Å². The van der Waals surface area contributed by atoms with Crippen molar-refractivity contribution in [1.29, 1.82) is 0 Å². The van der Waals surface area contributed by atoms with Crippen molar-refractivity contribution in [3.8, 4) is 22.7 Å². The van der Waals surface area contributed by atoms with Gasteiger partial charge in [-0.15, -0.1) is 0 Å². The number of aliphatic hydroxyl groups is 1. The van der Waals surface area contributed by atoms with Crippen molar-refractivity contribution in [3.05, 3.63) is 261 Å². The maximum Gasteiger partial charge on any atom is 0.268 e. The molecule has 2 aliphatic heterocycles. The van der Waals surface area contributed by atoms with Crippen LogP contribution in [-0.4, -0.2) is 41.1 Å². The lowest BCUT2D eigenvalue weighted by Crippen LogP contribution is -2.30. The van der Waals surface area contributed by atoms with E-state index in [0.29, 0.717) is 45.3 Å². The third kappa shape index (κ3) is 7.11. The van der Waals surface area contributed by atoms with Crippen molar-refractivity contribution >= 4 is 116 Å². The second-order valence-electron chi connectivity index (χ2n) is 24.8. The molecule has 0 bridgehead atoms. The fourth-order valence-corrected chi connectivity index (χ4v) is 14.8. The molecule has 6 heterocycles. The number of nitrogens with zero attached hydrogens (tertiary/aromatic N) is 6. The summed E-state index contributed by atoms with van der Waals surface area (Å²) in [6.45, 7) is 16.7. The molecule has 424 valence electrons. The Labute approximate surface area is 506 Å². The average molecular weight is 1140 g/mol. The van der Waals surface area contributed by atoms with Gasteiger partial charge >= 0.3 is 0 Å². The molecule has 0 fully saturated rings. The second-order valence-corrected chi connectivity index (χ2v) is 24.8. The summed E-state index contributed by atoms with van der Waals surface area (Å²) in [5.41, 5.74) is 21.0. The predicted octanol–water partition coefficient (Wildman–Crippen LogP) is 18.0. The highest BCUT2D eigenvalue weighted by molar-refractivity contribution is 6.37. The fourth-order valence-electron chi connectivity index (χ4n) is 14.8. The summed E-state index contributed by atoms with van der Waals surface area (Å²) < 4.78 is 8.61. The summed E-state index contributed by atoms with van der Waals surface area (Å²) in [5.74, 6) is -1.34. The van der Waals surface area contributed by atoms with Crippen LogP contribution in [0, 0.1) is 55.4 Å². The molecule has 15 aromatic rings. The first-order chi connectivity index (χ1) is 42.6. The van der Waals surface area contributed by atoms with Gasteiger partial charge in [0.1, 0.15) is 0 Å². The molecule has 10 heteroatoms. The summed E-state index contributed by atoms with van der Waals surface area (Å²) >= 11 is 0. The van der Waals surface area contributed by atoms with Crippen LogP contribution < -0.4 is 9.80 Å². The van der Waals surface area contributed by atoms with Crippen LogP contribution in [0.25, 0.3) is 110 Å². The molecule has 3 amide bonds. The SMILES string of the molecule is Cc1ccc2c(c1)c1cc(C)ccc1n2-c1ccc(-n2c3ccc(C)cc3c3cc(C)ccc32)c2c1C(=O)N(c1ccc(N3C(=O)c4c(-n5c6ccc(C)cc6c6cc(C)ccc65)ccc(-n5c6ccc(C)cc6c6cc(C)ccc65)c4C3O)cc1)C2=O. The molecular weight excluding hydrogens is 1080 g/mol. The maximum atomic E-state index is 16.0. The average Bonchev–Trinajstić information content (AvgIpc) is 1.57. The van der Waals surface area contributed by atoms with Gasteiger partial charge in [0.15, 0.2) is 6.23 Å². The van der Waals surface area contributed by atoms with Crippen molar-refractivity contribution in [1.82, 2.24) is 18.3 Å². The highest BCUT2D eigenvalue weighted by atomic mass is 16.3. The lowest BCUT2D eigenvalue weighted by atomic mass is 10.0. The predicted molar refractivity (Wildman–Crippen MR) is 357 cm³/mol. The van der Waals surface area contributed by atoms with E-state index in [9.17, 15) is 5.11 Å². The molecule has 0 radical (unpaired) electrons. The van der Waals surface area contributed by atoms with Gasteiger partial charge in [0.2, 0.25) is 0 Å². The van der Waals surface area contributed by atoms with Gasteiger partial charge in [-0.25, -0.2) is 4.90 Å². The van der Waals surface area contributed by atoms with Gasteiger partial charge in [0.25, 0.3) is 17.7 Å². The van der Waals surface area contributed by atoms with Crippen LogP contribution in [0.15, 0.2) is 194 Å². The molecule has 11 aromatic carbocycles. The van der Waals surface area contributed by atoms with E-state index >= 15 is 14.4 Å². The van der Waals surface area contributed by atoms with E-state index in [1.807, 2.05) is 24.3 Å². The van der Waals surface area contributed by atoms with Crippen molar-refractivity contribution in [2.24, 2.45) is 0 Å². The van der Waals surface area contributed by atoms with E-state index in [-0.39, 0.29) is 11.1 Å². The van der Waals surface area contributed by atoms with Crippen LogP contribution in [0.4, 0.5) is 11.4 Å². The van der Waals surface area contributed by atoms with Crippen molar-refractivity contribution in [2.45, 2.75) is 61.6 Å². The molecule has 0 aliphatic carbocycles. The number of rotatable bonds is 6. The zero-order chi connectivity index (χ0) is 60.0. The number of imide groups is 1. The van der Waals surface area contributed by atoms with Crippen LogP contribution in [0.2, 0.25) is 0 Å². The van der Waals surface area contributed by atoms with Crippen LogP contribution in [0.3, 0.4) is 0 Å². The third-order valence-electron chi connectivity index (χ3n) is 18.8. The van der Waals surface area contributed by atoms with Gasteiger partial charge < -0.3 is 23.4 Å². The van der Waals surface area contributed by atoms with E-state index in [2.05, 4.69) is 219 Å². The number of anilines is 2. The molecule has 2 aliphatic rings. The van der Waals surface area contributed by atoms with Gasteiger partial charge in [0.05, 0.1) is 89.3 Å². The Hall–Kier alpha value is -10.8. The molecule has 4 aromatic heterocycles. The number of aromatic nitrogens is 4. The number of hydrogen-bond donors (Lipinski definition) is 1. The Bertz CT molecular complexity index is 5310. The van der Waals surface area contributed by atoms with E-state index in [1.165, 1.54) is 9.80 Å². The summed E-state index contributed by atoms with van der Waals surface area (Å²) in [5, 5.41) is 21.7. The number of aliphatic hydroxyl groups excluding tert-OH is 1. The summed E-state index contributed by atoms with van der Waals surface area (Å²) in [4.78, 5) is 50.6. The Morgan fingerprint density at radius 2 is 0.511 bits per heavy atom. The third-order valence-corrected chi connectivity index (χ3v) is 18.8. The monoisotopic (exact) mass is 1140 g/mol. The zero-order valence-electron chi connectivity index (χ0n) is 49.9. The zero-order valence-corrected chi connectivity index (χ0v) is 49.9. The quantitative estimate of drug-likeness (QED) is 0.168. The minimum Gasteiger partial charge on any atom is -0.369 e. The van der Waals surface area contributed by atoms with Gasteiger partial charge in [0, 0.05) is 54.3 Å². The van der Waals surface area contributed by atoms with Gasteiger partial charge in [-0.2, -0.15) is 0 Å². The Morgan fingerprint density at radius 3 is 0.795 bits per heavy atom. The Kier molecular flexibility index (Phi) is 10.8. The summed E-state index contributed by atoms with van der Waals surface area (Å²) in [7, 11) is 0. The molecule has 17 rings (SSSR count). The van der Waals surface area contributed by atoms with Crippen molar-refractivity contribution in [3.63, 3.8) is 0 Å². The Balaban J connectivity index is 0.846. The van der Waals surface area contributed by atoms with E-state index in [4.69, 9.17) is 0 Å². The molecule has 1 N–H and O–H groups in total. The number of fused-ring (bicyclic) bond motifs is 14. The molecule has 0 saturated carbocycles. The van der Waals surface area contributed by atoms with Crippen molar-refractivity contribution < 1.29 is 19.5 Å². The van der Waals surface area contributed by atoms with Crippen LogP contribution >= 0.6 is 0 Å². The smallest absolute Gasteiger partial charge is 0.268 e. The highest BCUT2D eigenvalue weighted by Gasteiger charge is 2.45. The lowest BCUT2D eigenvalue weighted by molar-refractivity contribution is 0.0916. The van der Waals surface area contributed by atoms with Crippen LogP contribution in [0.1, 0.15) is 87.4 Å². The number of amides is 3. The summed E-state index contributed by atoms with van der Waals surface area (Å²) in [6, 6.07) is 66.1. The Morgan fingerprint density at radius 1 is 0.273 bits per heavy atom. The first-order valence-electron chi connectivity index (χ1n) is 30.0. The van der Waals surface area contributed by atoms with Crippen molar-refractivity contribution in [2.75, 3.05) is 9.80 Å². The van der Waals surface area contributed by atoms with E-state index in [1.54, 1.807) is 24.3 Å². The van der Waals surface area contributed by atoms with E-state index in [0.717, 1.165) is 132 Å². The fraction of sp³-hybridized carbons (Fsp3) is 0.115. The number of carbonyl (C=O) groups excluding carboxylic acids is 3. The van der Waals surface area contributed by atoms with Gasteiger partial charge in [-0.3, -0.25) is 19.3 Å². The normalized spacial score (nSPS) is 14.3. The minimum atomic E-state index is -1.45. The molecular formula is C78H58N6O4. The molecule has 1 unspecified atom stereocenters. The van der Waals surface area contributed by atoms with Crippen LogP contribution in [-0.2, 0) is 0 Å².